The Kier molecular flexibility index (Phi) is 4.12. The molecule has 8 heteroatoms. The lowest BCUT2D eigenvalue weighted by Crippen LogP contribution is -2.33. The summed E-state index contributed by atoms with van der Waals surface area (Å²) in [5.74, 6) is -0.953. The van der Waals surface area contributed by atoms with Crippen LogP contribution in [0.15, 0.2) is 52.7 Å². The van der Waals surface area contributed by atoms with Crippen molar-refractivity contribution in [2.45, 2.75) is 6.23 Å². The summed E-state index contributed by atoms with van der Waals surface area (Å²) in [5, 5.41) is 14.0. The van der Waals surface area contributed by atoms with Gasteiger partial charge < -0.3 is 5.11 Å². The number of hydrogen-bond acceptors (Lipinski definition) is 5. The Morgan fingerprint density at radius 3 is 2.57 bits per heavy atom. The number of benzodiazepines with no additional fused rings is 1. The van der Waals surface area contributed by atoms with Gasteiger partial charge in [-0.2, -0.15) is 5.01 Å². The summed E-state index contributed by atoms with van der Waals surface area (Å²) in [4.78, 5) is 27.2. The zero-order valence-corrected chi connectivity index (χ0v) is 13.0. The Morgan fingerprint density at radius 2 is 1.87 bits per heavy atom. The summed E-state index contributed by atoms with van der Waals surface area (Å²) in [6.07, 6.45) is -1.77. The minimum atomic E-state index is -1.77. The smallest absolute Gasteiger partial charge is 0.301 e. The van der Waals surface area contributed by atoms with Gasteiger partial charge in [-0.25, -0.2) is 4.99 Å². The molecule has 1 aliphatic rings. The van der Waals surface area contributed by atoms with Crippen LogP contribution >= 0.6 is 23.2 Å². The second-order valence-corrected chi connectivity index (χ2v) is 5.57. The van der Waals surface area contributed by atoms with Gasteiger partial charge >= 0.3 is 5.91 Å². The van der Waals surface area contributed by atoms with Crippen molar-refractivity contribution in [3.63, 3.8) is 0 Å². The number of nitrogens with zero attached hydrogens (tertiary/aromatic N) is 3. The van der Waals surface area contributed by atoms with Gasteiger partial charge in [0.1, 0.15) is 0 Å². The predicted molar refractivity (Wildman–Crippen MR) is 87.8 cm³/mol. The van der Waals surface area contributed by atoms with Crippen molar-refractivity contribution < 1.29 is 9.90 Å². The summed E-state index contributed by atoms with van der Waals surface area (Å²) < 4.78 is 0. The molecule has 0 radical (unpaired) electrons. The topological polar surface area (TPSA) is 82.3 Å². The highest BCUT2D eigenvalue weighted by molar-refractivity contribution is 6.37. The van der Waals surface area contributed by atoms with E-state index in [-0.39, 0.29) is 11.4 Å². The molecule has 3 rings (SSSR count). The molecule has 116 valence electrons. The summed E-state index contributed by atoms with van der Waals surface area (Å²) >= 11 is 12.2. The van der Waals surface area contributed by atoms with Crippen LogP contribution in [0.1, 0.15) is 11.1 Å². The van der Waals surface area contributed by atoms with Gasteiger partial charge in [0.25, 0.3) is 0 Å². The first-order valence-electron chi connectivity index (χ1n) is 6.51. The van der Waals surface area contributed by atoms with Crippen LogP contribution in [0.5, 0.6) is 0 Å². The third kappa shape index (κ3) is 2.72. The number of aliphatic hydroxyl groups is 1. The minimum absolute atomic E-state index is 0.171. The maximum Gasteiger partial charge on any atom is 0.301 e. The Bertz CT molecular complexity index is 838. The standard InChI is InChI=1S/C15H9Cl2N3O3/c16-8-5-6-12-10(7-8)13(9-3-1-2-4-11(9)17)18-14(21)15(22)20(12)19-23/h1-7,14,21H/t14-/m1/s1. The zero-order chi connectivity index (χ0) is 16.6. The molecular formula is C15H9Cl2N3O3. The van der Waals surface area contributed by atoms with E-state index in [9.17, 15) is 14.8 Å². The van der Waals surface area contributed by atoms with Crippen LogP contribution in [0, 0.1) is 4.91 Å². The first-order valence-corrected chi connectivity index (χ1v) is 7.26. The number of amides is 1. The van der Waals surface area contributed by atoms with Crippen LogP contribution < -0.4 is 5.01 Å². The molecule has 23 heavy (non-hydrogen) atoms. The summed E-state index contributed by atoms with van der Waals surface area (Å²) in [5.41, 5.74) is 1.29. The van der Waals surface area contributed by atoms with E-state index in [0.717, 1.165) is 0 Å². The van der Waals surface area contributed by atoms with E-state index in [1.807, 2.05) is 0 Å². The monoisotopic (exact) mass is 349 g/mol. The number of rotatable bonds is 2. The number of halogens is 2. The molecule has 1 aliphatic heterocycles. The van der Waals surface area contributed by atoms with Gasteiger partial charge in [-0.15, -0.1) is 4.91 Å². The van der Waals surface area contributed by atoms with Crippen LogP contribution in [-0.2, 0) is 4.79 Å². The highest BCUT2D eigenvalue weighted by Gasteiger charge is 2.32. The maximum absolute atomic E-state index is 12.1. The van der Waals surface area contributed by atoms with Crippen molar-refractivity contribution in [3.8, 4) is 0 Å². The fraction of sp³-hybridized carbons (Fsp3) is 0.0667. The fourth-order valence-corrected chi connectivity index (χ4v) is 2.71. The number of hydrogen-bond donors (Lipinski definition) is 1. The summed E-state index contributed by atoms with van der Waals surface area (Å²) in [6, 6.07) is 11.3. The lowest BCUT2D eigenvalue weighted by Gasteiger charge is -2.15. The van der Waals surface area contributed by atoms with Gasteiger partial charge in [-0.05, 0) is 24.3 Å². The van der Waals surface area contributed by atoms with Crippen LogP contribution in [0.2, 0.25) is 10.0 Å². The van der Waals surface area contributed by atoms with Crippen LogP contribution in [0.3, 0.4) is 0 Å². The summed E-state index contributed by atoms with van der Waals surface area (Å²) in [6.45, 7) is 0. The lowest BCUT2D eigenvalue weighted by atomic mass is 10.0. The third-order valence-electron chi connectivity index (χ3n) is 3.33. The van der Waals surface area contributed by atoms with Crippen molar-refractivity contribution in [2.75, 3.05) is 5.01 Å². The maximum atomic E-state index is 12.1. The van der Waals surface area contributed by atoms with Crippen LogP contribution in [0.25, 0.3) is 0 Å². The second-order valence-electron chi connectivity index (χ2n) is 4.72. The highest BCUT2D eigenvalue weighted by Crippen LogP contribution is 2.32. The van der Waals surface area contributed by atoms with Gasteiger partial charge in [0.15, 0.2) is 0 Å². The molecule has 2 aromatic rings. The van der Waals surface area contributed by atoms with Crippen molar-refractivity contribution in [2.24, 2.45) is 10.3 Å². The fourth-order valence-electron chi connectivity index (χ4n) is 2.31. The molecule has 0 aliphatic carbocycles. The van der Waals surface area contributed by atoms with E-state index in [0.29, 0.717) is 26.2 Å². The lowest BCUT2D eigenvalue weighted by molar-refractivity contribution is -0.126. The van der Waals surface area contributed by atoms with Crippen molar-refractivity contribution in [3.05, 3.63) is 68.5 Å². The number of benzene rings is 2. The van der Waals surface area contributed by atoms with Crippen LogP contribution in [-0.4, -0.2) is 23.0 Å². The minimum Gasteiger partial charge on any atom is -0.364 e. The highest BCUT2D eigenvalue weighted by atomic mass is 35.5. The number of aliphatic imine (C=N–C) groups is 1. The Labute approximate surface area is 140 Å². The van der Waals surface area contributed by atoms with Gasteiger partial charge in [0, 0.05) is 21.2 Å². The Hall–Kier alpha value is -2.28. The number of carbonyl (C=O) groups excluding carboxylic acids is 1. The molecule has 0 saturated carbocycles. The second kappa shape index (κ2) is 6.08. The van der Waals surface area contributed by atoms with Crippen LogP contribution in [0.4, 0.5) is 5.69 Å². The van der Waals surface area contributed by atoms with Gasteiger partial charge in [0.05, 0.1) is 16.7 Å². The molecule has 2 aromatic carbocycles. The Morgan fingerprint density at radius 1 is 1.13 bits per heavy atom. The van der Waals surface area contributed by atoms with E-state index in [2.05, 4.69) is 10.3 Å². The summed E-state index contributed by atoms with van der Waals surface area (Å²) in [7, 11) is 0. The molecule has 0 spiro atoms. The normalized spacial score (nSPS) is 17.3. The average molecular weight is 350 g/mol. The largest absolute Gasteiger partial charge is 0.364 e. The number of carbonyl (C=O) groups is 1. The molecule has 6 nitrogen and oxygen atoms in total. The van der Waals surface area contributed by atoms with E-state index in [4.69, 9.17) is 23.2 Å². The zero-order valence-electron chi connectivity index (χ0n) is 11.5. The molecule has 1 amide bonds. The molecule has 1 heterocycles. The van der Waals surface area contributed by atoms with Crippen molar-refractivity contribution >= 4 is 40.5 Å². The van der Waals surface area contributed by atoms with E-state index < -0.39 is 12.1 Å². The SMILES string of the molecule is O=NN1C(=O)[C@@H](O)N=C(c2ccccc2Cl)c2cc(Cl)ccc21. The van der Waals surface area contributed by atoms with E-state index in [1.54, 1.807) is 24.3 Å². The van der Waals surface area contributed by atoms with Crippen molar-refractivity contribution in [1.29, 1.82) is 0 Å². The molecule has 0 saturated heterocycles. The molecule has 1 atom stereocenters. The number of aliphatic hydroxyl groups excluding tert-OH is 1. The third-order valence-corrected chi connectivity index (χ3v) is 3.90. The first kappa shape index (κ1) is 15.6. The molecule has 0 bridgehead atoms. The molecule has 0 unspecified atom stereocenters. The van der Waals surface area contributed by atoms with Gasteiger partial charge in [0.2, 0.25) is 6.23 Å². The quantitative estimate of drug-likeness (QED) is 0.845. The number of fused-ring (bicyclic) bond motifs is 1. The molecule has 0 aromatic heterocycles. The average Bonchev–Trinajstić information content (AvgIpc) is 2.64. The van der Waals surface area contributed by atoms with E-state index >= 15 is 0 Å². The molecular weight excluding hydrogens is 341 g/mol. The first-order chi connectivity index (χ1) is 11.0. The molecule has 1 N–H and O–H groups in total. The van der Waals surface area contributed by atoms with Crippen molar-refractivity contribution in [1.82, 2.24) is 0 Å². The van der Waals surface area contributed by atoms with Gasteiger partial charge in [-0.3, -0.25) is 4.79 Å². The molecule has 0 fully saturated rings. The van der Waals surface area contributed by atoms with E-state index in [1.165, 1.54) is 18.2 Å². The predicted octanol–water partition coefficient (Wildman–Crippen LogP) is 3.18. The number of anilines is 1. The Balaban J connectivity index is 2.32. The van der Waals surface area contributed by atoms with Gasteiger partial charge in [-0.1, -0.05) is 41.4 Å². The number of nitroso groups, excluding NO2 is 1.